The van der Waals surface area contributed by atoms with Crippen molar-refractivity contribution in [1.82, 2.24) is 20.4 Å². The minimum absolute atomic E-state index is 0.0661. The lowest BCUT2D eigenvalue weighted by molar-refractivity contribution is 0.105. The van der Waals surface area contributed by atoms with Crippen molar-refractivity contribution < 1.29 is 4.79 Å². The number of rotatable bonds is 5. The minimum Gasteiger partial charge on any atom is -0.335 e. The smallest absolute Gasteiger partial charge is 0.315 e. The fraction of sp³-hybridized carbons (Fsp3) is 0.731. The largest absolute Gasteiger partial charge is 0.335 e. The number of carbonyl (C=O) groups excluding carboxylic acids is 1. The van der Waals surface area contributed by atoms with Crippen molar-refractivity contribution >= 4 is 6.03 Å². The van der Waals surface area contributed by atoms with Crippen molar-refractivity contribution in [3.63, 3.8) is 0 Å². The summed E-state index contributed by atoms with van der Waals surface area (Å²) in [5, 5.41) is 6.68. The van der Waals surface area contributed by atoms with Gasteiger partial charge in [0.25, 0.3) is 0 Å². The average molecular weight is 425 g/mol. The molecular formula is C26H40N4O. The summed E-state index contributed by atoms with van der Waals surface area (Å²) in [4.78, 5) is 18.2. The van der Waals surface area contributed by atoms with Gasteiger partial charge in [-0.05, 0) is 63.5 Å². The number of nitrogens with zero attached hydrogens (tertiary/aromatic N) is 2. The molecule has 0 spiro atoms. The first-order valence-corrected chi connectivity index (χ1v) is 12.9. The van der Waals surface area contributed by atoms with E-state index in [2.05, 4.69) is 50.8 Å². The van der Waals surface area contributed by atoms with Gasteiger partial charge in [0.1, 0.15) is 0 Å². The molecule has 3 saturated heterocycles. The van der Waals surface area contributed by atoms with Gasteiger partial charge in [0, 0.05) is 43.3 Å². The summed E-state index contributed by atoms with van der Waals surface area (Å²) in [6.45, 7) is 3.31. The van der Waals surface area contributed by atoms with Crippen molar-refractivity contribution in [3.8, 4) is 0 Å². The van der Waals surface area contributed by atoms with Gasteiger partial charge < -0.3 is 10.6 Å². The first-order chi connectivity index (χ1) is 15.2. The van der Waals surface area contributed by atoms with Crippen LogP contribution in [0, 0.1) is 0 Å². The highest BCUT2D eigenvalue weighted by Crippen LogP contribution is 2.36. The summed E-state index contributed by atoms with van der Waals surface area (Å²) in [6.07, 6.45) is 13.9. The molecule has 1 saturated carbocycles. The lowest BCUT2D eigenvalue weighted by atomic mass is 9.92. The lowest BCUT2D eigenvalue weighted by Crippen LogP contribution is -2.56. The van der Waals surface area contributed by atoms with Gasteiger partial charge >= 0.3 is 6.03 Å². The molecule has 3 atom stereocenters. The zero-order valence-corrected chi connectivity index (χ0v) is 19.0. The molecule has 2 N–H and O–H groups in total. The number of hydrogen-bond donors (Lipinski definition) is 2. The van der Waals surface area contributed by atoms with Crippen molar-refractivity contribution in [2.24, 2.45) is 0 Å². The molecule has 5 heteroatoms. The van der Waals surface area contributed by atoms with E-state index in [-0.39, 0.29) is 6.03 Å². The summed E-state index contributed by atoms with van der Waals surface area (Å²) in [7, 11) is 0. The maximum absolute atomic E-state index is 12.8. The Kier molecular flexibility index (Phi) is 6.80. The Morgan fingerprint density at radius 1 is 0.806 bits per heavy atom. The van der Waals surface area contributed by atoms with E-state index in [1.807, 2.05) is 0 Å². The van der Waals surface area contributed by atoms with Crippen molar-refractivity contribution in [2.75, 3.05) is 13.1 Å². The number of piperidine rings is 2. The Hall–Kier alpha value is -1.59. The van der Waals surface area contributed by atoms with Crippen molar-refractivity contribution in [1.29, 1.82) is 0 Å². The van der Waals surface area contributed by atoms with E-state index in [1.54, 1.807) is 0 Å². The number of benzene rings is 1. The molecule has 2 amide bonds. The molecule has 31 heavy (non-hydrogen) atoms. The monoisotopic (exact) mass is 424 g/mol. The lowest BCUT2D eigenvalue weighted by Gasteiger charge is -2.41. The third kappa shape index (κ3) is 5.25. The van der Waals surface area contributed by atoms with Crippen LogP contribution in [-0.2, 0) is 6.54 Å². The zero-order valence-electron chi connectivity index (χ0n) is 19.0. The van der Waals surface area contributed by atoms with Gasteiger partial charge in [-0.1, -0.05) is 49.6 Å². The number of nitrogens with one attached hydrogen (secondary N) is 2. The van der Waals surface area contributed by atoms with Crippen LogP contribution in [0.3, 0.4) is 0 Å². The molecule has 1 aliphatic carbocycles. The third-order valence-corrected chi connectivity index (χ3v) is 8.31. The highest BCUT2D eigenvalue weighted by Gasteiger charge is 2.41. The molecule has 5 nitrogen and oxygen atoms in total. The number of urea groups is 1. The Balaban J connectivity index is 1.09. The van der Waals surface area contributed by atoms with E-state index < -0.39 is 0 Å². The number of carbonyl (C=O) groups is 1. The molecule has 0 aromatic heterocycles. The molecule has 1 aromatic rings. The van der Waals surface area contributed by atoms with Crippen LogP contribution in [0.4, 0.5) is 4.79 Å². The van der Waals surface area contributed by atoms with Crippen LogP contribution in [0.1, 0.15) is 76.2 Å². The zero-order chi connectivity index (χ0) is 21.0. The molecule has 170 valence electrons. The summed E-state index contributed by atoms with van der Waals surface area (Å²) in [5.74, 6) is 0. The molecule has 5 rings (SSSR count). The molecule has 3 aliphatic heterocycles. The van der Waals surface area contributed by atoms with Crippen LogP contribution < -0.4 is 10.6 Å². The van der Waals surface area contributed by atoms with Gasteiger partial charge in [-0.2, -0.15) is 0 Å². The van der Waals surface area contributed by atoms with E-state index in [1.165, 1.54) is 63.5 Å². The van der Waals surface area contributed by atoms with Gasteiger partial charge in [-0.3, -0.25) is 9.80 Å². The predicted molar refractivity (Wildman–Crippen MR) is 125 cm³/mol. The second kappa shape index (κ2) is 9.91. The van der Waals surface area contributed by atoms with Crippen LogP contribution >= 0.6 is 0 Å². The Labute approximate surface area is 187 Å². The van der Waals surface area contributed by atoms with Gasteiger partial charge in [0.2, 0.25) is 0 Å². The summed E-state index contributed by atoms with van der Waals surface area (Å²) in [6, 6.07) is 13.5. The maximum Gasteiger partial charge on any atom is 0.315 e. The standard InChI is InChI=1S/C26H40N4O/c31-26(27-21-10-7-15-29(19-21)23-11-5-2-6-12-23)28-22-16-24-13-14-25(17-22)30(24)18-20-8-3-1-4-9-20/h1,3-4,8-9,21-25H,2,5-7,10-19H2,(H2,27,28,31). The summed E-state index contributed by atoms with van der Waals surface area (Å²) >= 11 is 0. The van der Waals surface area contributed by atoms with Gasteiger partial charge in [0.15, 0.2) is 0 Å². The van der Waals surface area contributed by atoms with Gasteiger partial charge in [-0.15, -0.1) is 0 Å². The average Bonchev–Trinajstić information content (AvgIpc) is 3.02. The Morgan fingerprint density at radius 3 is 2.26 bits per heavy atom. The predicted octanol–water partition coefficient (Wildman–Crippen LogP) is 4.28. The van der Waals surface area contributed by atoms with Crippen LogP contribution in [0.15, 0.2) is 30.3 Å². The first-order valence-electron chi connectivity index (χ1n) is 12.9. The second-order valence-corrected chi connectivity index (χ2v) is 10.5. The molecule has 1 aromatic carbocycles. The highest BCUT2D eigenvalue weighted by atomic mass is 16.2. The third-order valence-electron chi connectivity index (χ3n) is 8.31. The molecule has 2 bridgehead atoms. The minimum atomic E-state index is 0.0661. The maximum atomic E-state index is 12.8. The quantitative estimate of drug-likeness (QED) is 0.742. The second-order valence-electron chi connectivity index (χ2n) is 10.5. The van der Waals surface area contributed by atoms with E-state index in [9.17, 15) is 4.79 Å². The van der Waals surface area contributed by atoms with Gasteiger partial charge in [-0.25, -0.2) is 4.79 Å². The van der Waals surface area contributed by atoms with Gasteiger partial charge in [0.05, 0.1) is 0 Å². The van der Waals surface area contributed by atoms with Crippen molar-refractivity contribution in [2.45, 2.75) is 107 Å². The van der Waals surface area contributed by atoms with Crippen LogP contribution in [0.2, 0.25) is 0 Å². The fourth-order valence-electron chi connectivity index (χ4n) is 6.76. The van der Waals surface area contributed by atoms with Crippen LogP contribution in [0.25, 0.3) is 0 Å². The molecular weight excluding hydrogens is 384 g/mol. The number of hydrogen-bond acceptors (Lipinski definition) is 3. The topological polar surface area (TPSA) is 47.6 Å². The first kappa shape index (κ1) is 21.3. The molecule has 4 fully saturated rings. The molecule has 4 aliphatic rings. The SMILES string of the molecule is O=C(NC1CC2CCC(C1)N2Cc1ccccc1)NC1CCCN(C2CCCCC2)C1. The molecule has 0 radical (unpaired) electrons. The van der Waals surface area contributed by atoms with Crippen molar-refractivity contribution in [3.05, 3.63) is 35.9 Å². The van der Waals surface area contributed by atoms with Crippen LogP contribution in [0.5, 0.6) is 0 Å². The van der Waals surface area contributed by atoms with E-state index in [4.69, 9.17) is 0 Å². The Bertz CT molecular complexity index is 705. The van der Waals surface area contributed by atoms with E-state index >= 15 is 0 Å². The van der Waals surface area contributed by atoms with Crippen LogP contribution in [-0.4, -0.2) is 59.1 Å². The number of amides is 2. The molecule has 3 heterocycles. The molecule has 3 unspecified atom stereocenters. The fourth-order valence-corrected chi connectivity index (χ4v) is 6.76. The normalized spacial score (nSPS) is 32.6. The van der Waals surface area contributed by atoms with E-state index in [0.29, 0.717) is 24.2 Å². The summed E-state index contributed by atoms with van der Waals surface area (Å²) in [5.41, 5.74) is 1.41. The summed E-state index contributed by atoms with van der Waals surface area (Å²) < 4.78 is 0. The highest BCUT2D eigenvalue weighted by molar-refractivity contribution is 5.74. The number of fused-ring (bicyclic) bond motifs is 2. The van der Waals surface area contributed by atoms with E-state index in [0.717, 1.165) is 38.4 Å². The number of likely N-dealkylation sites (tertiary alicyclic amines) is 1. The Morgan fingerprint density at radius 2 is 1.52 bits per heavy atom.